The van der Waals surface area contributed by atoms with Crippen molar-refractivity contribution in [1.29, 1.82) is 0 Å². The van der Waals surface area contributed by atoms with Gasteiger partial charge in [-0.1, -0.05) is 30.3 Å². The first-order chi connectivity index (χ1) is 18.7. The van der Waals surface area contributed by atoms with Gasteiger partial charge < -0.3 is 10.0 Å². The average Bonchev–Trinajstić information content (AvgIpc) is 2.91. The van der Waals surface area contributed by atoms with Crippen molar-refractivity contribution in [2.24, 2.45) is 45.3 Å². The van der Waals surface area contributed by atoms with E-state index >= 15 is 0 Å². The molecule has 0 heterocycles. The molecule has 9 fully saturated rings. The third kappa shape index (κ3) is 3.54. The Balaban J connectivity index is 1.05. The van der Waals surface area contributed by atoms with Crippen LogP contribution in [0.25, 0.3) is 0 Å². The van der Waals surface area contributed by atoms with Crippen LogP contribution >= 0.6 is 0 Å². The summed E-state index contributed by atoms with van der Waals surface area (Å²) >= 11 is 0. The van der Waals surface area contributed by atoms with Crippen LogP contribution in [0, 0.1) is 45.3 Å². The van der Waals surface area contributed by atoms with Crippen LogP contribution in [0.2, 0.25) is 0 Å². The predicted molar refractivity (Wildman–Crippen MR) is 151 cm³/mol. The van der Waals surface area contributed by atoms with Gasteiger partial charge >= 0.3 is 5.97 Å². The van der Waals surface area contributed by atoms with Crippen LogP contribution in [0.1, 0.15) is 114 Å². The van der Waals surface area contributed by atoms with Crippen molar-refractivity contribution in [3.05, 3.63) is 35.9 Å². The van der Waals surface area contributed by atoms with Crippen LogP contribution in [0.4, 0.5) is 0 Å². The number of rotatable bonds is 5. The summed E-state index contributed by atoms with van der Waals surface area (Å²) in [4.78, 5) is 29.6. The Hall–Kier alpha value is -1.84. The maximum absolute atomic E-state index is 14.6. The highest BCUT2D eigenvalue weighted by molar-refractivity contribution is 5.83. The Kier molecular flexibility index (Phi) is 5.34. The Morgan fingerprint density at radius 1 is 0.718 bits per heavy atom. The van der Waals surface area contributed by atoms with Gasteiger partial charge in [0, 0.05) is 13.1 Å². The van der Waals surface area contributed by atoms with E-state index in [4.69, 9.17) is 0 Å². The zero-order valence-electron chi connectivity index (χ0n) is 23.9. The number of carboxylic acids is 1. The lowest BCUT2D eigenvalue weighted by Crippen LogP contribution is -2.67. The largest absolute Gasteiger partial charge is 0.481 e. The van der Waals surface area contributed by atoms with Gasteiger partial charge in [0.05, 0.1) is 10.8 Å². The normalized spacial score (nSPS) is 49.3. The lowest BCUT2D eigenvalue weighted by Gasteiger charge is -2.73. The molecule has 4 atom stereocenters. The summed E-state index contributed by atoms with van der Waals surface area (Å²) in [6.07, 6.45) is 18.2. The van der Waals surface area contributed by atoms with Crippen LogP contribution in [0.15, 0.2) is 30.3 Å². The molecule has 0 saturated heterocycles. The Morgan fingerprint density at radius 3 is 1.72 bits per heavy atom. The summed E-state index contributed by atoms with van der Waals surface area (Å²) in [5, 5.41) is 10.5. The smallest absolute Gasteiger partial charge is 0.309 e. The van der Waals surface area contributed by atoms with E-state index in [-0.39, 0.29) is 16.2 Å². The van der Waals surface area contributed by atoms with E-state index in [1.165, 1.54) is 56.9 Å². The lowest BCUT2D eigenvalue weighted by atomic mass is 9.31. The zero-order chi connectivity index (χ0) is 26.6. The molecule has 9 aliphatic carbocycles. The van der Waals surface area contributed by atoms with Gasteiger partial charge in [-0.3, -0.25) is 9.59 Å². The summed E-state index contributed by atoms with van der Waals surface area (Å²) < 4.78 is 0. The highest BCUT2D eigenvalue weighted by Crippen LogP contribution is 2.78. The first kappa shape index (κ1) is 24.9. The number of amides is 1. The number of hydrogen-bond acceptors (Lipinski definition) is 2. The molecule has 9 saturated carbocycles. The Bertz CT molecular complexity index is 1140. The van der Waals surface area contributed by atoms with E-state index in [2.05, 4.69) is 42.3 Å². The maximum atomic E-state index is 14.6. The first-order valence-corrected chi connectivity index (χ1v) is 16.3. The minimum atomic E-state index is -0.512. The first-order valence-electron chi connectivity index (χ1n) is 16.3. The summed E-state index contributed by atoms with van der Waals surface area (Å²) in [7, 11) is 2.13. The lowest BCUT2D eigenvalue weighted by molar-refractivity contribution is -0.240. The fourth-order valence-electron chi connectivity index (χ4n) is 13.3. The summed E-state index contributed by atoms with van der Waals surface area (Å²) in [5.74, 6) is 3.13. The van der Waals surface area contributed by atoms with E-state index in [0.717, 1.165) is 51.4 Å². The molecule has 8 bridgehead atoms. The predicted octanol–water partition coefficient (Wildman–Crippen LogP) is 7.43. The third-order valence-corrected chi connectivity index (χ3v) is 14.0. The minimum absolute atomic E-state index is 0.172. The van der Waals surface area contributed by atoms with Crippen LogP contribution < -0.4 is 0 Å². The van der Waals surface area contributed by atoms with E-state index in [1.54, 1.807) is 0 Å². The van der Waals surface area contributed by atoms with Gasteiger partial charge in [-0.25, -0.2) is 0 Å². The topological polar surface area (TPSA) is 57.6 Å². The van der Waals surface area contributed by atoms with Crippen molar-refractivity contribution in [3.8, 4) is 0 Å². The molecule has 39 heavy (non-hydrogen) atoms. The number of carbonyl (C=O) groups excluding carboxylic acids is 1. The molecule has 1 aromatic rings. The quantitative estimate of drug-likeness (QED) is 0.431. The van der Waals surface area contributed by atoms with Gasteiger partial charge in [0.2, 0.25) is 5.91 Å². The maximum Gasteiger partial charge on any atom is 0.309 e. The molecule has 0 aromatic heterocycles. The van der Waals surface area contributed by atoms with E-state index < -0.39 is 11.4 Å². The number of benzene rings is 1. The third-order valence-electron chi connectivity index (χ3n) is 14.0. The molecule has 1 aromatic carbocycles. The zero-order valence-corrected chi connectivity index (χ0v) is 23.9. The van der Waals surface area contributed by atoms with Crippen molar-refractivity contribution in [2.45, 2.75) is 115 Å². The summed E-state index contributed by atoms with van der Waals surface area (Å²) in [6.45, 7) is 0. The van der Waals surface area contributed by atoms with Crippen molar-refractivity contribution < 1.29 is 14.7 Å². The van der Waals surface area contributed by atoms with Crippen LogP contribution in [0.5, 0.6) is 0 Å². The number of nitrogens with zero attached hydrogens (tertiary/aromatic N) is 1. The molecular formula is C35H47NO3. The molecule has 4 unspecified atom stereocenters. The highest BCUT2D eigenvalue weighted by Gasteiger charge is 2.72. The number of carboxylic acid groups (broad SMARTS) is 1. The molecule has 9 aliphatic rings. The van der Waals surface area contributed by atoms with E-state index in [9.17, 15) is 14.7 Å². The summed E-state index contributed by atoms with van der Waals surface area (Å²) in [6, 6.07) is 11.3. The van der Waals surface area contributed by atoms with E-state index in [0.29, 0.717) is 41.5 Å². The van der Waals surface area contributed by atoms with Crippen molar-refractivity contribution in [2.75, 3.05) is 7.05 Å². The van der Waals surface area contributed by atoms with Crippen molar-refractivity contribution >= 4 is 11.9 Å². The molecule has 0 aliphatic heterocycles. The molecule has 0 spiro atoms. The second kappa shape index (κ2) is 8.35. The van der Waals surface area contributed by atoms with Gasteiger partial charge in [0.25, 0.3) is 0 Å². The standard InChI is InChI=1S/C35H47NO3/c1-36(29-9-7-28(8-10-29)27-5-3-2-4-6-27)30(37)32-13-23-11-24(14-32)18-34(17-23,21-32)35-19-25-12-26(20-35)16-33(15-25,22-35)31(38)39/h2-6,23-26,28-29H,7-22H2,1H3,(H,38,39). The average molecular weight is 530 g/mol. The molecular weight excluding hydrogens is 482 g/mol. The molecule has 4 nitrogen and oxygen atoms in total. The van der Waals surface area contributed by atoms with Gasteiger partial charge in [-0.05, 0) is 149 Å². The van der Waals surface area contributed by atoms with Crippen molar-refractivity contribution in [1.82, 2.24) is 4.90 Å². The second-order valence-electron chi connectivity index (χ2n) is 16.2. The SMILES string of the molecule is CN(C(=O)C12CC3CC(C1)CC(C14CC5CC(CC(C(=O)O)(C5)C1)C4)(C3)C2)C1CCC(c2ccccc2)CC1. The molecule has 1 N–H and O–H groups in total. The Morgan fingerprint density at radius 2 is 1.21 bits per heavy atom. The second-order valence-corrected chi connectivity index (χ2v) is 16.2. The molecule has 210 valence electrons. The summed E-state index contributed by atoms with van der Waals surface area (Å²) in [5.41, 5.74) is 1.18. The van der Waals surface area contributed by atoms with E-state index in [1.807, 2.05) is 0 Å². The molecule has 0 radical (unpaired) electrons. The fourth-order valence-corrected chi connectivity index (χ4v) is 13.3. The van der Waals surface area contributed by atoms with Gasteiger partial charge in [0.15, 0.2) is 0 Å². The van der Waals surface area contributed by atoms with Crippen LogP contribution in [-0.2, 0) is 9.59 Å². The highest BCUT2D eigenvalue weighted by atomic mass is 16.4. The molecule has 10 rings (SSSR count). The van der Waals surface area contributed by atoms with Crippen LogP contribution in [0.3, 0.4) is 0 Å². The van der Waals surface area contributed by atoms with Crippen LogP contribution in [-0.4, -0.2) is 35.0 Å². The number of aliphatic carboxylic acids is 1. The minimum Gasteiger partial charge on any atom is -0.481 e. The molecule has 1 amide bonds. The van der Waals surface area contributed by atoms with Gasteiger partial charge in [-0.2, -0.15) is 0 Å². The number of hydrogen-bond donors (Lipinski definition) is 1. The van der Waals surface area contributed by atoms with Gasteiger partial charge in [0.1, 0.15) is 0 Å². The fraction of sp³-hybridized carbons (Fsp3) is 0.771. The molecule has 4 heteroatoms. The van der Waals surface area contributed by atoms with Gasteiger partial charge in [-0.15, -0.1) is 0 Å². The van der Waals surface area contributed by atoms with Crippen molar-refractivity contribution in [3.63, 3.8) is 0 Å². The Labute approximate surface area is 234 Å². The number of carbonyl (C=O) groups is 2. The monoisotopic (exact) mass is 529 g/mol.